The van der Waals surface area contributed by atoms with Gasteiger partial charge < -0.3 is 15.8 Å². The van der Waals surface area contributed by atoms with Gasteiger partial charge in [-0.3, -0.25) is 4.79 Å². The summed E-state index contributed by atoms with van der Waals surface area (Å²) in [5.74, 6) is -0.101. The number of rotatable bonds is 3. The minimum Gasteiger partial charge on any atom is -0.389 e. The zero-order chi connectivity index (χ0) is 13.1. The summed E-state index contributed by atoms with van der Waals surface area (Å²) in [7, 11) is 0. The molecule has 1 aromatic rings. The lowest BCUT2D eigenvalue weighted by atomic mass is 10.1. The average molecular weight is 264 g/mol. The molecule has 18 heavy (non-hydrogen) atoms. The summed E-state index contributed by atoms with van der Waals surface area (Å²) in [5, 5.41) is 2.87. The first kappa shape index (κ1) is 13.0. The molecule has 96 valence electrons. The zero-order valence-electron chi connectivity index (χ0n) is 10.2. The van der Waals surface area contributed by atoms with E-state index in [9.17, 15) is 4.79 Å². The van der Waals surface area contributed by atoms with Crippen LogP contribution in [0.5, 0.6) is 0 Å². The molecular formula is C13H16N2O2S. The Bertz CT molecular complexity index is 482. The first-order chi connectivity index (χ1) is 8.58. The number of ether oxygens (including phenoxy) is 1. The van der Waals surface area contributed by atoms with Crippen LogP contribution in [0.1, 0.15) is 24.0 Å². The number of carbonyl (C=O) groups is 1. The molecule has 0 saturated carbocycles. The molecule has 1 unspecified atom stereocenters. The number of hydrogen-bond donors (Lipinski definition) is 2. The van der Waals surface area contributed by atoms with Gasteiger partial charge in [-0.25, -0.2) is 0 Å². The largest absolute Gasteiger partial charge is 0.389 e. The van der Waals surface area contributed by atoms with E-state index in [0.717, 1.165) is 29.7 Å². The van der Waals surface area contributed by atoms with Crippen molar-refractivity contribution in [3.63, 3.8) is 0 Å². The highest BCUT2D eigenvalue weighted by Gasteiger charge is 2.23. The van der Waals surface area contributed by atoms with E-state index < -0.39 is 0 Å². The van der Waals surface area contributed by atoms with E-state index >= 15 is 0 Å². The van der Waals surface area contributed by atoms with Crippen LogP contribution in [-0.4, -0.2) is 23.6 Å². The third kappa shape index (κ3) is 2.86. The maximum Gasteiger partial charge on any atom is 0.253 e. The van der Waals surface area contributed by atoms with E-state index in [1.807, 2.05) is 19.1 Å². The quantitative estimate of drug-likeness (QED) is 0.816. The molecule has 0 bridgehead atoms. The Morgan fingerprint density at radius 1 is 1.56 bits per heavy atom. The molecule has 2 rings (SSSR count). The highest BCUT2D eigenvalue weighted by Crippen LogP contribution is 2.19. The highest BCUT2D eigenvalue weighted by atomic mass is 32.1. The normalized spacial score (nSPS) is 18.6. The van der Waals surface area contributed by atoms with E-state index in [0.29, 0.717) is 11.6 Å². The van der Waals surface area contributed by atoms with Gasteiger partial charge in [0.2, 0.25) is 0 Å². The van der Waals surface area contributed by atoms with Crippen LogP contribution in [0, 0.1) is 6.92 Å². The van der Waals surface area contributed by atoms with Gasteiger partial charge in [0.15, 0.2) is 0 Å². The van der Waals surface area contributed by atoms with Gasteiger partial charge in [0.05, 0.1) is 0 Å². The molecule has 1 heterocycles. The van der Waals surface area contributed by atoms with Crippen LogP contribution in [0.3, 0.4) is 0 Å². The molecule has 4 nitrogen and oxygen atoms in total. The second-order valence-electron chi connectivity index (χ2n) is 4.38. The van der Waals surface area contributed by atoms with Crippen LogP contribution in [0.25, 0.3) is 0 Å². The van der Waals surface area contributed by atoms with Crippen LogP contribution in [0.2, 0.25) is 0 Å². The fraction of sp³-hybridized carbons (Fsp3) is 0.385. The summed E-state index contributed by atoms with van der Waals surface area (Å²) >= 11 is 4.93. The minimum absolute atomic E-state index is 0.101. The van der Waals surface area contributed by atoms with Gasteiger partial charge in [-0.05, 0) is 31.4 Å². The third-order valence-corrected chi connectivity index (χ3v) is 3.24. The topological polar surface area (TPSA) is 64.3 Å². The Morgan fingerprint density at radius 3 is 2.94 bits per heavy atom. The lowest BCUT2D eigenvalue weighted by molar-refractivity contribution is -0.124. The van der Waals surface area contributed by atoms with E-state index in [4.69, 9.17) is 22.7 Å². The third-order valence-electron chi connectivity index (χ3n) is 3.00. The van der Waals surface area contributed by atoms with Crippen molar-refractivity contribution < 1.29 is 9.53 Å². The van der Waals surface area contributed by atoms with Gasteiger partial charge in [-0.2, -0.15) is 0 Å². The summed E-state index contributed by atoms with van der Waals surface area (Å²) in [6.45, 7) is 2.58. The van der Waals surface area contributed by atoms with Crippen molar-refractivity contribution in [1.82, 2.24) is 0 Å². The van der Waals surface area contributed by atoms with Crippen molar-refractivity contribution >= 4 is 28.8 Å². The van der Waals surface area contributed by atoms with Crippen molar-refractivity contribution in [2.24, 2.45) is 5.73 Å². The number of carbonyl (C=O) groups excluding carboxylic acids is 1. The van der Waals surface area contributed by atoms with Gasteiger partial charge in [-0.15, -0.1) is 0 Å². The lowest BCUT2D eigenvalue weighted by Gasteiger charge is -2.13. The molecule has 3 N–H and O–H groups in total. The first-order valence-electron chi connectivity index (χ1n) is 5.91. The number of thiocarbonyl (C=S) groups is 1. The molecular weight excluding hydrogens is 248 g/mol. The van der Waals surface area contributed by atoms with Gasteiger partial charge >= 0.3 is 0 Å². The summed E-state index contributed by atoms with van der Waals surface area (Å²) in [6.07, 6.45) is 1.38. The van der Waals surface area contributed by atoms with E-state index in [-0.39, 0.29) is 12.0 Å². The monoisotopic (exact) mass is 264 g/mol. The molecule has 0 radical (unpaired) electrons. The molecule has 1 aliphatic rings. The van der Waals surface area contributed by atoms with Crippen LogP contribution in [-0.2, 0) is 9.53 Å². The Morgan fingerprint density at radius 2 is 2.33 bits per heavy atom. The van der Waals surface area contributed by atoms with E-state index in [1.54, 1.807) is 6.07 Å². The predicted octanol–water partition coefficient (Wildman–Crippen LogP) is 1.75. The fourth-order valence-electron chi connectivity index (χ4n) is 1.91. The first-order valence-corrected chi connectivity index (χ1v) is 6.31. The van der Waals surface area contributed by atoms with E-state index in [2.05, 4.69) is 5.32 Å². The number of benzene rings is 1. The number of anilines is 1. The van der Waals surface area contributed by atoms with Crippen molar-refractivity contribution in [1.29, 1.82) is 0 Å². The van der Waals surface area contributed by atoms with Crippen LogP contribution in [0.15, 0.2) is 18.2 Å². The molecule has 0 aliphatic carbocycles. The maximum absolute atomic E-state index is 11.9. The number of nitrogens with one attached hydrogen (secondary N) is 1. The molecule has 1 saturated heterocycles. The maximum atomic E-state index is 11.9. The van der Waals surface area contributed by atoms with Crippen LogP contribution < -0.4 is 11.1 Å². The summed E-state index contributed by atoms with van der Waals surface area (Å²) in [4.78, 5) is 12.3. The summed E-state index contributed by atoms with van der Waals surface area (Å²) < 4.78 is 5.34. The number of nitrogens with two attached hydrogens (primary N) is 1. The van der Waals surface area contributed by atoms with Crippen molar-refractivity contribution in [2.45, 2.75) is 25.9 Å². The van der Waals surface area contributed by atoms with E-state index in [1.165, 1.54) is 0 Å². The van der Waals surface area contributed by atoms with Gasteiger partial charge in [0.1, 0.15) is 11.1 Å². The summed E-state index contributed by atoms with van der Waals surface area (Å²) in [6, 6.07) is 5.53. The molecule has 1 aliphatic heterocycles. The Hall–Kier alpha value is -1.46. The SMILES string of the molecule is Cc1ccc(C(N)=S)cc1NC(=O)C1CCCO1. The molecule has 1 fully saturated rings. The smallest absolute Gasteiger partial charge is 0.253 e. The van der Waals surface area contributed by atoms with Crippen molar-refractivity contribution in [2.75, 3.05) is 11.9 Å². The fourth-order valence-corrected chi connectivity index (χ4v) is 2.03. The van der Waals surface area contributed by atoms with Gasteiger partial charge in [0.25, 0.3) is 5.91 Å². The standard InChI is InChI=1S/C13H16N2O2S/c1-8-4-5-9(12(14)18)7-10(8)15-13(16)11-3-2-6-17-11/h4-5,7,11H,2-3,6H2,1H3,(H2,14,18)(H,15,16). The Balaban J connectivity index is 2.14. The van der Waals surface area contributed by atoms with Crippen LogP contribution in [0.4, 0.5) is 5.69 Å². The number of aryl methyl sites for hydroxylation is 1. The second-order valence-corrected chi connectivity index (χ2v) is 4.82. The Kier molecular flexibility index (Phi) is 3.93. The number of hydrogen-bond acceptors (Lipinski definition) is 3. The lowest BCUT2D eigenvalue weighted by Crippen LogP contribution is -2.27. The zero-order valence-corrected chi connectivity index (χ0v) is 11.0. The second kappa shape index (κ2) is 5.46. The molecule has 0 aromatic heterocycles. The minimum atomic E-state index is -0.335. The van der Waals surface area contributed by atoms with Crippen LogP contribution >= 0.6 is 12.2 Å². The highest BCUT2D eigenvalue weighted by molar-refractivity contribution is 7.80. The van der Waals surface area contributed by atoms with Crippen molar-refractivity contribution in [3.05, 3.63) is 29.3 Å². The molecule has 0 spiro atoms. The molecule has 1 amide bonds. The molecule has 5 heteroatoms. The van der Waals surface area contributed by atoms with Gasteiger partial charge in [-0.1, -0.05) is 24.4 Å². The molecule has 1 aromatic carbocycles. The Labute approximate surface area is 112 Å². The predicted molar refractivity (Wildman–Crippen MR) is 74.7 cm³/mol. The molecule has 1 atom stereocenters. The van der Waals surface area contributed by atoms with Crippen molar-refractivity contribution in [3.8, 4) is 0 Å². The number of amides is 1. The van der Waals surface area contributed by atoms with Gasteiger partial charge in [0, 0.05) is 17.9 Å². The summed E-state index contributed by atoms with van der Waals surface area (Å²) in [5.41, 5.74) is 8.04. The average Bonchev–Trinajstić information content (AvgIpc) is 2.85.